The van der Waals surface area contributed by atoms with Crippen molar-refractivity contribution >= 4 is 40.8 Å². The number of carbonyl (C=O) groups is 1. The van der Waals surface area contributed by atoms with Crippen molar-refractivity contribution in [3.8, 4) is 0 Å². The minimum atomic E-state index is -0.940. The minimum Gasteiger partial charge on any atom is -0.481 e. The Labute approximate surface area is 80.4 Å². The van der Waals surface area contributed by atoms with Gasteiger partial charge in [-0.25, -0.2) is 0 Å². The molecule has 2 unspecified atom stereocenters. The monoisotopic (exact) mass is 218 g/mol. The van der Waals surface area contributed by atoms with Gasteiger partial charge in [0.15, 0.2) is 0 Å². The van der Waals surface area contributed by atoms with E-state index in [9.17, 15) is 4.79 Å². The first-order valence-corrected chi connectivity index (χ1v) is 4.54. The van der Waals surface area contributed by atoms with E-state index in [1.165, 1.54) is 0 Å². The second-order valence-corrected chi connectivity index (χ2v) is 3.61. The molecular weight excluding hydrogens is 210 g/mol. The zero-order chi connectivity index (χ0) is 8.85. The zero-order valence-electron chi connectivity index (χ0n) is 5.77. The van der Waals surface area contributed by atoms with Gasteiger partial charge in [0, 0.05) is 5.88 Å². The summed E-state index contributed by atoms with van der Waals surface area (Å²) in [4.78, 5) is 10.1. The van der Waals surface area contributed by atoms with Gasteiger partial charge in [-0.05, 0) is 6.42 Å². The smallest absolute Gasteiger partial charge is 0.304 e. The average Bonchev–Trinajstić information content (AvgIpc) is 1.86. The highest BCUT2D eigenvalue weighted by molar-refractivity contribution is 6.31. The van der Waals surface area contributed by atoms with Crippen molar-refractivity contribution in [1.29, 1.82) is 0 Å². The highest BCUT2D eigenvalue weighted by Gasteiger charge is 2.18. The maximum absolute atomic E-state index is 10.1. The van der Waals surface area contributed by atoms with Crippen LogP contribution in [0.4, 0.5) is 0 Å². The molecule has 0 aliphatic heterocycles. The molecule has 5 heteroatoms. The van der Waals surface area contributed by atoms with Crippen molar-refractivity contribution in [1.82, 2.24) is 0 Å². The van der Waals surface area contributed by atoms with Gasteiger partial charge in [0.25, 0.3) is 0 Å². The third kappa shape index (κ3) is 5.59. The number of alkyl halides is 3. The molecule has 1 N–H and O–H groups in total. The molecule has 0 rings (SSSR count). The molecule has 0 aromatic rings. The zero-order valence-corrected chi connectivity index (χ0v) is 8.03. The van der Waals surface area contributed by atoms with E-state index in [0.717, 1.165) is 0 Å². The van der Waals surface area contributed by atoms with E-state index in [1.54, 1.807) is 0 Å². The average molecular weight is 219 g/mol. The van der Waals surface area contributed by atoms with E-state index >= 15 is 0 Å². The molecule has 0 saturated carbocycles. The Morgan fingerprint density at radius 1 is 1.36 bits per heavy atom. The fraction of sp³-hybridized carbons (Fsp3) is 0.833. The highest BCUT2D eigenvalue weighted by atomic mass is 35.5. The fourth-order valence-electron chi connectivity index (χ4n) is 0.580. The molecule has 0 aliphatic rings. The lowest BCUT2D eigenvalue weighted by molar-refractivity contribution is -0.137. The molecule has 0 heterocycles. The van der Waals surface area contributed by atoms with Gasteiger partial charge in [0.05, 0.1) is 17.2 Å². The summed E-state index contributed by atoms with van der Waals surface area (Å²) in [5, 5.41) is 7.43. The molecular formula is C6H9Cl3O2. The second kappa shape index (κ2) is 5.92. The molecule has 66 valence electrons. The SMILES string of the molecule is O=C(O)CC(Cl)C(Cl)CCCl. The molecule has 0 bridgehead atoms. The number of carboxylic acids is 1. The summed E-state index contributed by atoms with van der Waals surface area (Å²) in [6.07, 6.45) is 0.414. The molecule has 0 amide bonds. The molecule has 2 atom stereocenters. The van der Waals surface area contributed by atoms with Crippen LogP contribution in [-0.2, 0) is 4.79 Å². The van der Waals surface area contributed by atoms with Gasteiger partial charge < -0.3 is 5.11 Å². The van der Waals surface area contributed by atoms with Gasteiger partial charge in [0.1, 0.15) is 0 Å². The quantitative estimate of drug-likeness (QED) is 0.721. The molecule has 0 aromatic carbocycles. The Hall–Kier alpha value is 0.340. The lowest BCUT2D eigenvalue weighted by Crippen LogP contribution is -2.19. The van der Waals surface area contributed by atoms with Crippen LogP contribution in [0, 0.1) is 0 Å². The van der Waals surface area contributed by atoms with Gasteiger partial charge in [-0.15, -0.1) is 34.8 Å². The van der Waals surface area contributed by atoms with Crippen LogP contribution in [0.25, 0.3) is 0 Å². The van der Waals surface area contributed by atoms with Crippen molar-refractivity contribution in [3.63, 3.8) is 0 Å². The predicted octanol–water partition coefficient (Wildman–Crippen LogP) is 2.30. The van der Waals surface area contributed by atoms with E-state index in [4.69, 9.17) is 39.9 Å². The van der Waals surface area contributed by atoms with Crippen LogP contribution in [0.2, 0.25) is 0 Å². The molecule has 0 fully saturated rings. The molecule has 0 radical (unpaired) electrons. The number of rotatable bonds is 5. The van der Waals surface area contributed by atoms with E-state index < -0.39 is 11.3 Å². The Bertz CT molecular complexity index is 129. The van der Waals surface area contributed by atoms with Gasteiger partial charge in [-0.2, -0.15) is 0 Å². The van der Waals surface area contributed by atoms with E-state index in [2.05, 4.69) is 0 Å². The number of aliphatic carboxylic acids is 1. The van der Waals surface area contributed by atoms with Crippen LogP contribution < -0.4 is 0 Å². The molecule has 0 saturated heterocycles. The molecule has 0 spiro atoms. The Balaban J connectivity index is 3.63. The largest absolute Gasteiger partial charge is 0.481 e. The van der Waals surface area contributed by atoms with Crippen LogP contribution >= 0.6 is 34.8 Å². The lowest BCUT2D eigenvalue weighted by atomic mass is 10.2. The number of hydrogen-bond donors (Lipinski definition) is 1. The summed E-state index contributed by atoms with van der Waals surface area (Å²) in [6.45, 7) is 0. The van der Waals surface area contributed by atoms with Gasteiger partial charge in [0.2, 0.25) is 0 Å². The van der Waals surface area contributed by atoms with Crippen molar-refractivity contribution < 1.29 is 9.90 Å². The fourth-order valence-corrected chi connectivity index (χ4v) is 1.38. The highest BCUT2D eigenvalue weighted by Crippen LogP contribution is 2.17. The number of hydrogen-bond acceptors (Lipinski definition) is 1. The summed E-state index contributed by atoms with van der Waals surface area (Å²) in [5.74, 6) is -0.540. The summed E-state index contributed by atoms with van der Waals surface area (Å²) in [7, 11) is 0. The van der Waals surface area contributed by atoms with Crippen molar-refractivity contribution in [2.45, 2.75) is 23.6 Å². The van der Waals surface area contributed by atoms with Gasteiger partial charge in [-0.3, -0.25) is 4.79 Å². The van der Waals surface area contributed by atoms with Crippen molar-refractivity contribution in [2.75, 3.05) is 5.88 Å². The normalized spacial score (nSPS) is 15.9. The van der Waals surface area contributed by atoms with Crippen LogP contribution in [0.3, 0.4) is 0 Å². The van der Waals surface area contributed by atoms with Gasteiger partial charge in [-0.1, -0.05) is 0 Å². The van der Waals surface area contributed by atoms with Crippen LogP contribution in [-0.4, -0.2) is 27.7 Å². The summed E-state index contributed by atoms with van der Waals surface area (Å²) < 4.78 is 0. The number of carboxylic acid groups (broad SMARTS) is 1. The Morgan fingerprint density at radius 2 is 1.91 bits per heavy atom. The van der Waals surface area contributed by atoms with E-state index in [1.807, 2.05) is 0 Å². The lowest BCUT2D eigenvalue weighted by Gasteiger charge is -2.11. The first-order chi connectivity index (χ1) is 5.07. The second-order valence-electron chi connectivity index (χ2n) is 2.11. The first kappa shape index (κ1) is 11.3. The van der Waals surface area contributed by atoms with Crippen LogP contribution in [0.5, 0.6) is 0 Å². The summed E-state index contributed by atoms with van der Waals surface area (Å²) in [6, 6.07) is 0. The predicted molar refractivity (Wildman–Crippen MR) is 46.9 cm³/mol. The van der Waals surface area contributed by atoms with Crippen LogP contribution in [0.15, 0.2) is 0 Å². The molecule has 11 heavy (non-hydrogen) atoms. The standard InChI is InChI=1S/C6H9Cl3O2/c7-2-1-4(8)5(9)3-6(10)11/h4-5H,1-3H2,(H,10,11). The minimum absolute atomic E-state index is 0.118. The van der Waals surface area contributed by atoms with Crippen molar-refractivity contribution in [3.05, 3.63) is 0 Å². The maximum atomic E-state index is 10.1. The topological polar surface area (TPSA) is 37.3 Å². The Kier molecular flexibility index (Phi) is 6.11. The first-order valence-electron chi connectivity index (χ1n) is 3.13. The van der Waals surface area contributed by atoms with E-state index in [0.29, 0.717) is 12.3 Å². The van der Waals surface area contributed by atoms with E-state index in [-0.39, 0.29) is 11.8 Å². The molecule has 0 aliphatic carbocycles. The molecule has 2 nitrogen and oxygen atoms in total. The third-order valence-corrected chi connectivity index (χ3v) is 2.48. The summed E-state index contributed by atoms with van der Waals surface area (Å²) in [5.41, 5.74) is 0. The van der Waals surface area contributed by atoms with Crippen LogP contribution in [0.1, 0.15) is 12.8 Å². The van der Waals surface area contributed by atoms with Crippen molar-refractivity contribution in [2.24, 2.45) is 0 Å². The Morgan fingerprint density at radius 3 is 2.27 bits per heavy atom. The molecule has 0 aromatic heterocycles. The van der Waals surface area contributed by atoms with Gasteiger partial charge >= 0.3 is 5.97 Å². The number of halogens is 3. The third-order valence-electron chi connectivity index (χ3n) is 1.15. The maximum Gasteiger partial charge on any atom is 0.304 e. The summed E-state index contributed by atoms with van der Waals surface area (Å²) >= 11 is 16.7.